The van der Waals surface area contributed by atoms with Crippen LogP contribution >= 0.6 is 0 Å². The van der Waals surface area contributed by atoms with Crippen molar-refractivity contribution >= 4 is 16.8 Å². The smallest absolute Gasteiger partial charge is 0.220 e. The number of carbonyl (C=O) groups is 1. The third kappa shape index (κ3) is 5.53. The summed E-state index contributed by atoms with van der Waals surface area (Å²) in [5.41, 5.74) is 4.92. The molecule has 160 valence electrons. The fourth-order valence-electron chi connectivity index (χ4n) is 4.04. The summed E-state index contributed by atoms with van der Waals surface area (Å²) in [6, 6.07) is 17.1. The number of amides is 1. The largest absolute Gasteiger partial charge is 0.361 e. The lowest BCUT2D eigenvalue weighted by molar-refractivity contribution is -0.121. The van der Waals surface area contributed by atoms with Crippen molar-refractivity contribution in [1.82, 2.24) is 10.3 Å². The van der Waals surface area contributed by atoms with Crippen molar-refractivity contribution in [2.75, 3.05) is 6.54 Å². The van der Waals surface area contributed by atoms with Gasteiger partial charge >= 0.3 is 0 Å². The van der Waals surface area contributed by atoms with Crippen LogP contribution in [0, 0.1) is 0 Å². The van der Waals surface area contributed by atoms with Gasteiger partial charge in [0.25, 0.3) is 0 Å². The molecule has 1 atom stereocenters. The summed E-state index contributed by atoms with van der Waals surface area (Å²) in [5.74, 6) is 0.160. The minimum absolute atomic E-state index is 0.0332. The molecule has 1 amide bonds. The van der Waals surface area contributed by atoms with E-state index < -0.39 is 0 Å². The Morgan fingerprint density at radius 3 is 2.43 bits per heavy atom. The van der Waals surface area contributed by atoms with E-state index in [1.165, 1.54) is 41.3 Å². The van der Waals surface area contributed by atoms with Crippen LogP contribution in [0.4, 0.5) is 0 Å². The van der Waals surface area contributed by atoms with Crippen molar-refractivity contribution in [1.29, 1.82) is 0 Å². The molecule has 3 rings (SSSR count). The molecule has 2 N–H and O–H groups in total. The van der Waals surface area contributed by atoms with Crippen molar-refractivity contribution in [3.05, 3.63) is 71.4 Å². The maximum absolute atomic E-state index is 12.8. The standard InChI is InChI=1S/C27H36N2O/c1-5-6-7-10-17-28-26(30)18-23(20-13-15-21(16-14-20)27(2,3)4)24-19-29-25-12-9-8-11-22(24)25/h8-9,11-16,19,23,29H,5-7,10,17-18H2,1-4H3,(H,28,30)/t23-/m0/s1. The van der Waals surface area contributed by atoms with Crippen LogP contribution < -0.4 is 5.32 Å². The topological polar surface area (TPSA) is 44.9 Å². The van der Waals surface area contributed by atoms with Gasteiger partial charge in [-0.25, -0.2) is 0 Å². The molecule has 0 saturated heterocycles. The number of fused-ring (bicyclic) bond motifs is 1. The molecule has 0 saturated carbocycles. The Balaban J connectivity index is 1.83. The normalized spacial score (nSPS) is 12.8. The molecule has 0 bridgehead atoms. The van der Waals surface area contributed by atoms with Crippen LogP contribution in [-0.2, 0) is 10.2 Å². The number of aromatic nitrogens is 1. The van der Waals surface area contributed by atoms with Crippen molar-refractivity contribution < 1.29 is 4.79 Å². The van der Waals surface area contributed by atoms with Crippen LogP contribution in [0.25, 0.3) is 10.9 Å². The number of para-hydroxylation sites is 1. The number of unbranched alkanes of at least 4 members (excludes halogenated alkanes) is 3. The SMILES string of the molecule is CCCCCCNC(=O)C[C@@H](c1ccc(C(C)(C)C)cc1)c1c[nH]c2ccccc12. The molecule has 0 radical (unpaired) electrons. The number of carbonyl (C=O) groups excluding carboxylic acids is 1. The number of rotatable bonds is 9. The second-order valence-electron chi connectivity index (χ2n) is 9.33. The van der Waals surface area contributed by atoms with Gasteiger partial charge in [0, 0.05) is 36.0 Å². The number of nitrogens with one attached hydrogen (secondary N) is 2. The van der Waals surface area contributed by atoms with Gasteiger partial charge in [-0.15, -0.1) is 0 Å². The van der Waals surface area contributed by atoms with Crippen LogP contribution in [-0.4, -0.2) is 17.4 Å². The van der Waals surface area contributed by atoms with E-state index in [0.29, 0.717) is 6.42 Å². The molecule has 0 fully saturated rings. The van der Waals surface area contributed by atoms with Gasteiger partial charge in [0.05, 0.1) is 0 Å². The highest BCUT2D eigenvalue weighted by atomic mass is 16.1. The first-order valence-corrected chi connectivity index (χ1v) is 11.3. The van der Waals surface area contributed by atoms with E-state index in [1.54, 1.807) is 0 Å². The zero-order chi connectivity index (χ0) is 21.6. The Morgan fingerprint density at radius 1 is 1.00 bits per heavy atom. The van der Waals surface area contributed by atoms with Gasteiger partial charge in [0.15, 0.2) is 0 Å². The van der Waals surface area contributed by atoms with Crippen LogP contribution in [0.15, 0.2) is 54.7 Å². The van der Waals surface area contributed by atoms with Crippen LogP contribution in [0.2, 0.25) is 0 Å². The molecular weight excluding hydrogens is 368 g/mol. The lowest BCUT2D eigenvalue weighted by Gasteiger charge is -2.22. The van der Waals surface area contributed by atoms with Gasteiger partial charge in [0.1, 0.15) is 0 Å². The number of H-pyrrole nitrogens is 1. The minimum atomic E-state index is 0.0332. The second kappa shape index (κ2) is 9.97. The third-order valence-electron chi connectivity index (χ3n) is 5.92. The first-order chi connectivity index (χ1) is 14.4. The highest BCUT2D eigenvalue weighted by molar-refractivity contribution is 5.86. The fraction of sp³-hybridized carbons (Fsp3) is 0.444. The average Bonchev–Trinajstić information content (AvgIpc) is 3.15. The zero-order valence-electron chi connectivity index (χ0n) is 18.9. The van der Waals surface area contributed by atoms with E-state index in [9.17, 15) is 4.79 Å². The second-order valence-corrected chi connectivity index (χ2v) is 9.33. The van der Waals surface area contributed by atoms with Crippen molar-refractivity contribution in [3.8, 4) is 0 Å². The Labute approximate surface area is 181 Å². The van der Waals surface area contributed by atoms with E-state index >= 15 is 0 Å². The highest BCUT2D eigenvalue weighted by Gasteiger charge is 2.22. The van der Waals surface area contributed by atoms with Crippen LogP contribution in [0.3, 0.4) is 0 Å². The Morgan fingerprint density at radius 2 is 1.73 bits per heavy atom. The molecule has 1 heterocycles. The van der Waals surface area contributed by atoms with E-state index in [-0.39, 0.29) is 17.2 Å². The van der Waals surface area contributed by atoms with Gasteiger partial charge in [0.2, 0.25) is 5.91 Å². The molecule has 0 aliphatic rings. The lowest BCUT2D eigenvalue weighted by atomic mass is 9.83. The summed E-state index contributed by atoms with van der Waals surface area (Å²) >= 11 is 0. The molecule has 3 aromatic rings. The van der Waals surface area contributed by atoms with E-state index in [0.717, 1.165) is 18.5 Å². The van der Waals surface area contributed by atoms with E-state index in [4.69, 9.17) is 0 Å². The molecule has 0 spiro atoms. The fourth-order valence-corrected chi connectivity index (χ4v) is 4.04. The quantitative estimate of drug-likeness (QED) is 0.384. The van der Waals surface area contributed by atoms with Gasteiger partial charge in [-0.05, 0) is 34.6 Å². The van der Waals surface area contributed by atoms with Crippen molar-refractivity contribution in [2.45, 2.75) is 71.1 Å². The van der Waals surface area contributed by atoms with Gasteiger partial charge in [-0.3, -0.25) is 4.79 Å². The molecular formula is C27H36N2O. The van der Waals surface area contributed by atoms with Crippen molar-refractivity contribution in [3.63, 3.8) is 0 Å². The van der Waals surface area contributed by atoms with E-state index in [1.807, 2.05) is 6.07 Å². The molecule has 3 nitrogen and oxygen atoms in total. The zero-order valence-corrected chi connectivity index (χ0v) is 18.9. The maximum Gasteiger partial charge on any atom is 0.220 e. The van der Waals surface area contributed by atoms with Gasteiger partial charge in [-0.2, -0.15) is 0 Å². The number of hydrogen-bond acceptors (Lipinski definition) is 1. The van der Waals surface area contributed by atoms with Gasteiger partial charge in [-0.1, -0.05) is 89.4 Å². The summed E-state index contributed by atoms with van der Waals surface area (Å²) in [6.07, 6.45) is 7.20. The summed E-state index contributed by atoms with van der Waals surface area (Å²) in [5, 5.41) is 4.33. The number of benzene rings is 2. The predicted octanol–water partition coefficient (Wildman–Crippen LogP) is 6.68. The molecule has 0 aliphatic carbocycles. The first-order valence-electron chi connectivity index (χ1n) is 11.3. The summed E-state index contributed by atoms with van der Waals surface area (Å²) in [7, 11) is 0. The average molecular weight is 405 g/mol. The van der Waals surface area contributed by atoms with Gasteiger partial charge < -0.3 is 10.3 Å². The first kappa shape index (κ1) is 22.1. The lowest BCUT2D eigenvalue weighted by Crippen LogP contribution is -2.26. The molecule has 0 unspecified atom stereocenters. The Bertz CT molecular complexity index is 947. The summed E-state index contributed by atoms with van der Waals surface area (Å²) < 4.78 is 0. The molecule has 0 aliphatic heterocycles. The highest BCUT2D eigenvalue weighted by Crippen LogP contribution is 2.34. The maximum atomic E-state index is 12.8. The third-order valence-corrected chi connectivity index (χ3v) is 5.92. The monoisotopic (exact) mass is 404 g/mol. The van der Waals surface area contributed by atoms with Crippen LogP contribution in [0.1, 0.15) is 82.4 Å². The molecule has 30 heavy (non-hydrogen) atoms. The Kier molecular flexibility index (Phi) is 7.36. The minimum Gasteiger partial charge on any atom is -0.361 e. The molecule has 2 aromatic carbocycles. The van der Waals surface area contributed by atoms with E-state index in [2.05, 4.69) is 86.7 Å². The summed E-state index contributed by atoms with van der Waals surface area (Å²) in [4.78, 5) is 16.2. The molecule has 1 aromatic heterocycles. The number of hydrogen-bond donors (Lipinski definition) is 2. The Hall–Kier alpha value is -2.55. The molecule has 3 heteroatoms. The predicted molar refractivity (Wildman–Crippen MR) is 127 cm³/mol. The van der Waals surface area contributed by atoms with Crippen LogP contribution in [0.5, 0.6) is 0 Å². The summed E-state index contributed by atoms with van der Waals surface area (Å²) in [6.45, 7) is 9.65. The number of aromatic amines is 1. The van der Waals surface area contributed by atoms with Crippen molar-refractivity contribution in [2.24, 2.45) is 0 Å².